The van der Waals surface area contributed by atoms with Crippen LogP contribution in [0.4, 0.5) is 13.2 Å². The summed E-state index contributed by atoms with van der Waals surface area (Å²) in [6.45, 7) is 0. The van der Waals surface area contributed by atoms with Crippen LogP contribution in [0.15, 0.2) is 18.2 Å². The number of hydrogen-bond donors (Lipinski definition) is 1. The van der Waals surface area contributed by atoms with Crippen LogP contribution in [0.3, 0.4) is 0 Å². The van der Waals surface area contributed by atoms with Gasteiger partial charge in [0, 0.05) is 17.2 Å². The van der Waals surface area contributed by atoms with E-state index in [1.54, 1.807) is 0 Å². The summed E-state index contributed by atoms with van der Waals surface area (Å²) in [6.07, 6.45) is 0.734. The van der Waals surface area contributed by atoms with Crippen LogP contribution in [0.5, 0.6) is 0 Å². The maximum Gasteiger partial charge on any atom is 0.228 e. The average Bonchev–Trinajstić information content (AvgIpc) is 3.27. The number of carbonyl (C=O) groups excluding carboxylic acids is 1. The van der Waals surface area contributed by atoms with Crippen molar-refractivity contribution in [3.05, 3.63) is 51.4 Å². The lowest BCUT2D eigenvalue weighted by atomic mass is 9.93. The van der Waals surface area contributed by atoms with Crippen molar-refractivity contribution in [2.75, 3.05) is 0 Å². The molecule has 1 fully saturated rings. The normalized spacial score (nSPS) is 15.5. The summed E-state index contributed by atoms with van der Waals surface area (Å²) in [5, 5.41) is -0.524. The topological polar surface area (TPSA) is 56.0 Å². The van der Waals surface area contributed by atoms with Crippen molar-refractivity contribution in [3.63, 3.8) is 0 Å². The van der Waals surface area contributed by atoms with Gasteiger partial charge in [0.15, 0.2) is 5.82 Å². The number of rotatable bonds is 3. The Morgan fingerprint density at radius 3 is 2.35 bits per heavy atom. The van der Waals surface area contributed by atoms with Crippen LogP contribution in [0.1, 0.15) is 18.4 Å². The van der Waals surface area contributed by atoms with Gasteiger partial charge in [0.1, 0.15) is 22.5 Å². The van der Waals surface area contributed by atoms with Gasteiger partial charge in [-0.2, -0.15) is 0 Å². The fraction of sp³-hybridized carbons (Fsp3) is 0.200. The zero-order valence-electron chi connectivity index (χ0n) is 11.5. The molecule has 1 aromatic carbocycles. The van der Waals surface area contributed by atoms with Crippen LogP contribution in [-0.2, 0) is 10.2 Å². The Bertz CT molecular complexity index is 838. The van der Waals surface area contributed by atoms with Gasteiger partial charge in [-0.15, -0.1) is 0 Å². The summed E-state index contributed by atoms with van der Waals surface area (Å²) in [5.74, 6) is -3.64. The first-order chi connectivity index (χ1) is 10.8. The van der Waals surface area contributed by atoms with Crippen molar-refractivity contribution in [3.8, 4) is 11.3 Å². The van der Waals surface area contributed by atoms with Crippen LogP contribution in [0, 0.1) is 17.5 Å². The number of primary amides is 1. The molecule has 0 radical (unpaired) electrons. The van der Waals surface area contributed by atoms with E-state index >= 15 is 0 Å². The zero-order valence-corrected chi connectivity index (χ0v) is 13.0. The monoisotopic (exact) mass is 360 g/mol. The lowest BCUT2D eigenvalue weighted by molar-refractivity contribution is -0.120. The van der Waals surface area contributed by atoms with E-state index in [1.807, 2.05) is 0 Å². The van der Waals surface area contributed by atoms with E-state index in [0.717, 1.165) is 6.07 Å². The first-order valence-electron chi connectivity index (χ1n) is 6.57. The predicted molar refractivity (Wildman–Crippen MR) is 79.7 cm³/mol. The maximum atomic E-state index is 14.8. The van der Waals surface area contributed by atoms with Crippen molar-refractivity contribution in [2.45, 2.75) is 18.3 Å². The van der Waals surface area contributed by atoms with Crippen molar-refractivity contribution >= 4 is 29.1 Å². The van der Waals surface area contributed by atoms with E-state index in [2.05, 4.69) is 4.98 Å². The smallest absolute Gasteiger partial charge is 0.228 e. The van der Waals surface area contributed by atoms with E-state index in [4.69, 9.17) is 28.9 Å². The first-order valence-corrected chi connectivity index (χ1v) is 7.33. The molecule has 8 heteroatoms. The summed E-state index contributed by atoms with van der Waals surface area (Å²) in [7, 11) is 0. The third-order valence-corrected chi connectivity index (χ3v) is 4.41. The van der Waals surface area contributed by atoms with Crippen LogP contribution in [0.2, 0.25) is 10.2 Å². The number of pyridine rings is 1. The molecule has 0 atom stereocenters. The predicted octanol–water partition coefficient (Wildman–Crippen LogP) is 3.99. The van der Waals surface area contributed by atoms with E-state index in [9.17, 15) is 18.0 Å². The summed E-state index contributed by atoms with van der Waals surface area (Å²) in [4.78, 5) is 15.4. The standard InChI is InChI=1S/C15H9Cl2F3N2O/c16-8-3-6(9(18)5-10(8)19)13-12(20)7(4-11(17)22-13)15(1-2-15)14(21)23/h3-5H,1-2H2,(H2,21,23). The highest BCUT2D eigenvalue weighted by molar-refractivity contribution is 6.31. The minimum Gasteiger partial charge on any atom is -0.369 e. The summed E-state index contributed by atoms with van der Waals surface area (Å²) in [6, 6.07) is 2.64. The molecular weight excluding hydrogens is 352 g/mol. The molecule has 1 aliphatic carbocycles. The van der Waals surface area contributed by atoms with Crippen molar-refractivity contribution in [2.24, 2.45) is 5.73 Å². The van der Waals surface area contributed by atoms with Gasteiger partial charge in [0.05, 0.1) is 10.4 Å². The molecule has 2 aromatic rings. The molecule has 1 aliphatic rings. The molecule has 1 saturated carbocycles. The van der Waals surface area contributed by atoms with Crippen LogP contribution in [0.25, 0.3) is 11.3 Å². The molecule has 0 spiro atoms. The molecule has 1 amide bonds. The molecule has 23 heavy (non-hydrogen) atoms. The molecule has 0 aliphatic heterocycles. The fourth-order valence-electron chi connectivity index (χ4n) is 2.50. The number of nitrogens with two attached hydrogens (primary N) is 1. The van der Waals surface area contributed by atoms with E-state index in [0.29, 0.717) is 18.9 Å². The third kappa shape index (κ3) is 2.56. The first kappa shape index (κ1) is 16.1. The van der Waals surface area contributed by atoms with Gasteiger partial charge in [-0.3, -0.25) is 4.79 Å². The third-order valence-electron chi connectivity index (χ3n) is 3.93. The van der Waals surface area contributed by atoms with Gasteiger partial charge < -0.3 is 5.73 Å². The number of hydrogen-bond acceptors (Lipinski definition) is 2. The quantitative estimate of drug-likeness (QED) is 0.664. The molecule has 0 saturated heterocycles. The summed E-state index contributed by atoms with van der Waals surface area (Å²) < 4.78 is 42.1. The Balaban J connectivity index is 2.25. The number of carbonyl (C=O) groups is 1. The SMILES string of the molecule is NC(=O)C1(c2cc(Cl)nc(-c3cc(Cl)c(F)cc3F)c2F)CC1. The van der Waals surface area contributed by atoms with Gasteiger partial charge >= 0.3 is 0 Å². The van der Waals surface area contributed by atoms with E-state index < -0.39 is 34.5 Å². The Hall–Kier alpha value is -1.79. The van der Waals surface area contributed by atoms with Crippen molar-refractivity contribution in [1.82, 2.24) is 4.98 Å². The van der Waals surface area contributed by atoms with E-state index in [-0.39, 0.29) is 21.3 Å². The molecule has 120 valence electrons. The Labute approximate surface area is 139 Å². The molecule has 2 N–H and O–H groups in total. The Morgan fingerprint density at radius 2 is 1.78 bits per heavy atom. The van der Waals surface area contributed by atoms with E-state index in [1.165, 1.54) is 6.07 Å². The summed E-state index contributed by atoms with van der Waals surface area (Å²) in [5.41, 5.74) is 3.34. The second kappa shape index (κ2) is 5.39. The van der Waals surface area contributed by atoms with Crippen LogP contribution in [-0.4, -0.2) is 10.9 Å². The molecule has 0 unspecified atom stereocenters. The summed E-state index contributed by atoms with van der Waals surface area (Å²) >= 11 is 11.5. The molecule has 1 heterocycles. The Kier molecular flexibility index (Phi) is 3.77. The van der Waals surface area contributed by atoms with Gasteiger partial charge in [-0.1, -0.05) is 23.2 Å². The minimum absolute atomic E-state index is 0.0418. The molecule has 3 rings (SSSR count). The minimum atomic E-state index is -1.16. The van der Waals surface area contributed by atoms with Crippen LogP contribution >= 0.6 is 23.2 Å². The number of halogens is 5. The van der Waals surface area contributed by atoms with Gasteiger partial charge in [0.25, 0.3) is 0 Å². The van der Waals surface area contributed by atoms with Gasteiger partial charge in [0.2, 0.25) is 5.91 Å². The average molecular weight is 361 g/mol. The lowest BCUT2D eigenvalue weighted by Crippen LogP contribution is -2.29. The highest BCUT2D eigenvalue weighted by Gasteiger charge is 2.52. The number of aromatic nitrogens is 1. The molecule has 3 nitrogen and oxygen atoms in total. The maximum absolute atomic E-state index is 14.8. The second-order valence-electron chi connectivity index (χ2n) is 5.35. The largest absolute Gasteiger partial charge is 0.369 e. The van der Waals surface area contributed by atoms with Gasteiger partial charge in [-0.25, -0.2) is 18.2 Å². The van der Waals surface area contributed by atoms with Crippen molar-refractivity contribution in [1.29, 1.82) is 0 Å². The van der Waals surface area contributed by atoms with Gasteiger partial charge in [-0.05, 0) is 25.0 Å². The molecule has 0 bridgehead atoms. The molecular formula is C15H9Cl2F3N2O. The van der Waals surface area contributed by atoms with Crippen molar-refractivity contribution < 1.29 is 18.0 Å². The highest BCUT2D eigenvalue weighted by atomic mass is 35.5. The fourth-order valence-corrected chi connectivity index (χ4v) is 2.86. The lowest BCUT2D eigenvalue weighted by Gasteiger charge is -2.15. The highest BCUT2D eigenvalue weighted by Crippen LogP contribution is 2.50. The zero-order chi connectivity index (χ0) is 16.9. The Morgan fingerprint density at radius 1 is 1.13 bits per heavy atom. The number of amides is 1. The number of nitrogens with zero attached hydrogens (tertiary/aromatic N) is 1. The second-order valence-corrected chi connectivity index (χ2v) is 6.14. The van der Waals surface area contributed by atoms with Crippen LogP contribution < -0.4 is 5.73 Å². The number of benzene rings is 1. The molecule has 1 aromatic heterocycles.